The number of likely N-dealkylation sites (N-methyl/N-ethyl adjacent to an activating group) is 1. The molecular weight excluding hydrogens is 184 g/mol. The van der Waals surface area contributed by atoms with Gasteiger partial charge in [0.05, 0.1) is 0 Å². The van der Waals surface area contributed by atoms with Gasteiger partial charge < -0.3 is 10.6 Å². The van der Waals surface area contributed by atoms with E-state index in [4.69, 9.17) is 5.73 Å². The third-order valence-electron chi connectivity index (χ3n) is 3.63. The van der Waals surface area contributed by atoms with Gasteiger partial charge in [0.15, 0.2) is 0 Å². The maximum absolute atomic E-state index is 5.76. The molecule has 0 amide bonds. The minimum absolute atomic E-state index is 0.557. The van der Waals surface area contributed by atoms with Gasteiger partial charge in [0.25, 0.3) is 0 Å². The maximum atomic E-state index is 5.76. The first-order chi connectivity index (χ1) is 7.15. The number of anilines is 1. The topological polar surface area (TPSA) is 29.3 Å². The van der Waals surface area contributed by atoms with E-state index in [1.54, 1.807) is 0 Å². The molecule has 0 saturated heterocycles. The molecule has 15 heavy (non-hydrogen) atoms. The van der Waals surface area contributed by atoms with E-state index >= 15 is 0 Å². The van der Waals surface area contributed by atoms with Crippen LogP contribution in [0.4, 0.5) is 5.69 Å². The van der Waals surface area contributed by atoms with Crippen molar-refractivity contribution in [3.8, 4) is 0 Å². The first kappa shape index (κ1) is 10.5. The van der Waals surface area contributed by atoms with Crippen molar-refractivity contribution < 1.29 is 0 Å². The summed E-state index contributed by atoms with van der Waals surface area (Å²) < 4.78 is 0. The van der Waals surface area contributed by atoms with Crippen molar-refractivity contribution >= 4 is 5.69 Å². The number of para-hydroxylation sites is 1. The molecule has 0 aliphatic carbocycles. The fourth-order valence-corrected chi connectivity index (χ4v) is 2.66. The Kier molecular flexibility index (Phi) is 2.70. The Morgan fingerprint density at radius 2 is 2.27 bits per heavy atom. The second-order valence-corrected chi connectivity index (χ2v) is 4.68. The van der Waals surface area contributed by atoms with Crippen molar-refractivity contribution in [3.05, 3.63) is 29.3 Å². The molecule has 2 rings (SSSR count). The van der Waals surface area contributed by atoms with Gasteiger partial charge in [-0.2, -0.15) is 0 Å². The van der Waals surface area contributed by atoms with E-state index in [9.17, 15) is 0 Å². The van der Waals surface area contributed by atoms with Gasteiger partial charge in [-0.25, -0.2) is 0 Å². The Hall–Kier alpha value is -1.02. The summed E-state index contributed by atoms with van der Waals surface area (Å²) in [6.07, 6.45) is 1.14. The van der Waals surface area contributed by atoms with Crippen LogP contribution in [-0.2, 0) is 6.42 Å². The highest BCUT2D eigenvalue weighted by Gasteiger charge is 2.30. The molecule has 1 aromatic carbocycles. The molecule has 0 bridgehead atoms. The first-order valence-corrected chi connectivity index (χ1v) is 5.66. The molecule has 0 aromatic heterocycles. The summed E-state index contributed by atoms with van der Waals surface area (Å²) in [5.41, 5.74) is 10.0. The second-order valence-electron chi connectivity index (χ2n) is 4.68. The fraction of sp³-hybridized carbons (Fsp3) is 0.538. The van der Waals surface area contributed by atoms with Crippen molar-refractivity contribution in [1.82, 2.24) is 0 Å². The largest absolute Gasteiger partial charge is 0.371 e. The molecule has 0 radical (unpaired) electrons. The Morgan fingerprint density at radius 3 is 2.87 bits per heavy atom. The van der Waals surface area contributed by atoms with Crippen LogP contribution in [0.2, 0.25) is 0 Å². The molecule has 2 atom stereocenters. The Balaban J connectivity index is 2.33. The van der Waals surface area contributed by atoms with Crippen LogP contribution < -0.4 is 10.6 Å². The quantitative estimate of drug-likeness (QED) is 0.798. The molecule has 2 nitrogen and oxygen atoms in total. The molecule has 2 N–H and O–H groups in total. The van der Waals surface area contributed by atoms with Crippen LogP contribution in [-0.4, -0.2) is 19.6 Å². The van der Waals surface area contributed by atoms with Gasteiger partial charge in [-0.1, -0.05) is 25.1 Å². The highest BCUT2D eigenvalue weighted by Crippen LogP contribution is 2.36. The molecule has 0 spiro atoms. The zero-order chi connectivity index (χ0) is 11.0. The summed E-state index contributed by atoms with van der Waals surface area (Å²) in [5, 5.41) is 0. The van der Waals surface area contributed by atoms with Crippen molar-refractivity contribution in [2.24, 2.45) is 11.7 Å². The summed E-state index contributed by atoms with van der Waals surface area (Å²) in [6, 6.07) is 7.15. The molecule has 1 heterocycles. The zero-order valence-corrected chi connectivity index (χ0v) is 9.83. The minimum atomic E-state index is 0.557. The summed E-state index contributed by atoms with van der Waals surface area (Å²) in [5.74, 6) is 0.557. The standard InChI is InChI=1S/C13H20N2/c1-9-5-4-6-11-7-12(10(2)8-14)15(3)13(9)11/h4-6,10,12H,7-8,14H2,1-3H3. The molecule has 0 fully saturated rings. The normalized spacial score (nSPS) is 21.6. The molecule has 1 aromatic rings. The third-order valence-corrected chi connectivity index (χ3v) is 3.63. The number of nitrogens with zero attached hydrogens (tertiary/aromatic N) is 1. The summed E-state index contributed by atoms with van der Waals surface area (Å²) >= 11 is 0. The Morgan fingerprint density at radius 1 is 1.53 bits per heavy atom. The molecule has 2 heteroatoms. The SMILES string of the molecule is Cc1cccc2c1N(C)C(C(C)CN)C2. The average molecular weight is 204 g/mol. The van der Waals surface area contributed by atoms with E-state index in [1.165, 1.54) is 16.8 Å². The number of hydrogen-bond donors (Lipinski definition) is 1. The number of hydrogen-bond acceptors (Lipinski definition) is 2. The van der Waals surface area contributed by atoms with E-state index in [2.05, 4.69) is 44.0 Å². The molecular formula is C13H20N2. The molecule has 82 valence electrons. The first-order valence-electron chi connectivity index (χ1n) is 5.66. The van der Waals surface area contributed by atoms with Gasteiger partial charge in [-0.15, -0.1) is 0 Å². The Labute approximate surface area is 92.1 Å². The minimum Gasteiger partial charge on any atom is -0.371 e. The van der Waals surface area contributed by atoms with Gasteiger partial charge >= 0.3 is 0 Å². The van der Waals surface area contributed by atoms with Crippen LogP contribution in [0.3, 0.4) is 0 Å². The molecule has 1 aliphatic heterocycles. The number of benzene rings is 1. The summed E-state index contributed by atoms with van der Waals surface area (Å²) in [4.78, 5) is 2.40. The monoisotopic (exact) mass is 204 g/mol. The average Bonchev–Trinajstić information content (AvgIpc) is 2.56. The third kappa shape index (κ3) is 1.63. The van der Waals surface area contributed by atoms with Crippen LogP contribution in [0.15, 0.2) is 18.2 Å². The maximum Gasteiger partial charge on any atom is 0.0429 e. The number of aryl methyl sites for hydroxylation is 1. The van der Waals surface area contributed by atoms with Gasteiger partial charge in [0, 0.05) is 18.8 Å². The predicted molar refractivity (Wildman–Crippen MR) is 65.3 cm³/mol. The van der Waals surface area contributed by atoms with Crippen molar-refractivity contribution in [2.75, 3.05) is 18.5 Å². The van der Waals surface area contributed by atoms with Crippen LogP contribution in [0.25, 0.3) is 0 Å². The highest BCUT2D eigenvalue weighted by atomic mass is 15.2. The van der Waals surface area contributed by atoms with E-state index in [0.29, 0.717) is 12.0 Å². The van der Waals surface area contributed by atoms with Gasteiger partial charge in [0.1, 0.15) is 0 Å². The smallest absolute Gasteiger partial charge is 0.0429 e. The fourth-order valence-electron chi connectivity index (χ4n) is 2.66. The Bertz CT molecular complexity index is 360. The van der Waals surface area contributed by atoms with Gasteiger partial charge in [0.2, 0.25) is 0 Å². The second kappa shape index (κ2) is 3.86. The lowest BCUT2D eigenvalue weighted by atomic mass is 9.98. The van der Waals surface area contributed by atoms with Crippen LogP contribution in [0.1, 0.15) is 18.1 Å². The molecule has 0 saturated carbocycles. The molecule has 1 aliphatic rings. The van der Waals surface area contributed by atoms with Crippen LogP contribution in [0, 0.1) is 12.8 Å². The van der Waals surface area contributed by atoms with Gasteiger partial charge in [-0.3, -0.25) is 0 Å². The lowest BCUT2D eigenvalue weighted by Crippen LogP contribution is -2.37. The van der Waals surface area contributed by atoms with Crippen molar-refractivity contribution in [2.45, 2.75) is 26.3 Å². The number of rotatable bonds is 2. The van der Waals surface area contributed by atoms with E-state index in [-0.39, 0.29) is 0 Å². The predicted octanol–water partition coefficient (Wildman–Crippen LogP) is 1.95. The van der Waals surface area contributed by atoms with Crippen molar-refractivity contribution in [1.29, 1.82) is 0 Å². The van der Waals surface area contributed by atoms with Gasteiger partial charge in [-0.05, 0) is 36.9 Å². The zero-order valence-electron chi connectivity index (χ0n) is 9.83. The lowest BCUT2D eigenvalue weighted by molar-refractivity contribution is 0.462. The van der Waals surface area contributed by atoms with Crippen LogP contribution in [0.5, 0.6) is 0 Å². The summed E-state index contributed by atoms with van der Waals surface area (Å²) in [6.45, 7) is 5.19. The highest BCUT2D eigenvalue weighted by molar-refractivity contribution is 5.63. The number of nitrogens with two attached hydrogens (primary N) is 1. The molecule has 2 unspecified atom stereocenters. The van der Waals surface area contributed by atoms with E-state index in [0.717, 1.165) is 13.0 Å². The van der Waals surface area contributed by atoms with E-state index < -0.39 is 0 Å². The summed E-state index contributed by atoms with van der Waals surface area (Å²) in [7, 11) is 2.19. The lowest BCUT2D eigenvalue weighted by Gasteiger charge is -2.28. The van der Waals surface area contributed by atoms with Crippen LogP contribution >= 0.6 is 0 Å². The van der Waals surface area contributed by atoms with E-state index in [1.807, 2.05) is 0 Å². The number of fused-ring (bicyclic) bond motifs is 1. The van der Waals surface area contributed by atoms with Crippen molar-refractivity contribution in [3.63, 3.8) is 0 Å².